The molecule has 0 atom stereocenters. The van der Waals surface area contributed by atoms with Crippen molar-refractivity contribution in [2.75, 3.05) is 0 Å². The van der Waals surface area contributed by atoms with Gasteiger partial charge in [-0.15, -0.1) is 0 Å². The SMILES string of the molecule is Cc1ccncc1-n1c2c(c3cc4c(cc31)-c1cc3c(cc1CC4)c1cc(-c4ccc5[nH]c6ccccc6c5c4)ccc1n3-c1cnccc1C)C=C(c1ccc3[nH]c4ccccc4c3c1)CC2. The summed E-state index contributed by atoms with van der Waals surface area (Å²) in [5.41, 5.74) is 26.2. The number of benzene rings is 7. The number of rotatable bonds is 4. The molecule has 0 amide bonds. The Balaban J connectivity index is 0.931. The minimum atomic E-state index is 0.945. The third kappa shape index (κ3) is 5.40. The Hall–Kier alpha value is -8.48. The average Bonchev–Trinajstić information content (AvgIpc) is 4.12. The molecule has 0 aliphatic heterocycles. The van der Waals surface area contributed by atoms with E-state index in [0.29, 0.717) is 0 Å². The molecule has 0 saturated carbocycles. The zero-order valence-electron chi connectivity index (χ0n) is 37.8. The number of nitrogens with zero attached hydrogens (tertiary/aromatic N) is 4. The maximum Gasteiger partial charge on any atom is 0.0674 e. The van der Waals surface area contributed by atoms with Crippen molar-refractivity contribution in [2.45, 2.75) is 39.5 Å². The molecule has 15 rings (SSSR count). The zero-order chi connectivity index (χ0) is 44.8. The van der Waals surface area contributed by atoms with Gasteiger partial charge in [0.05, 0.1) is 40.3 Å². The zero-order valence-corrected chi connectivity index (χ0v) is 37.8. The number of aromatic nitrogens is 6. The first-order chi connectivity index (χ1) is 33.5. The smallest absolute Gasteiger partial charge is 0.0674 e. The molecule has 13 aromatic rings. The largest absolute Gasteiger partial charge is 0.355 e. The predicted octanol–water partition coefficient (Wildman–Crippen LogP) is 15.3. The highest BCUT2D eigenvalue weighted by molar-refractivity contribution is 6.14. The van der Waals surface area contributed by atoms with E-state index in [1.165, 1.54) is 138 Å². The third-order valence-electron chi connectivity index (χ3n) is 15.4. The molecule has 6 nitrogen and oxygen atoms in total. The molecule has 0 bridgehead atoms. The van der Waals surface area contributed by atoms with Gasteiger partial charge in [0, 0.05) is 83.4 Å². The number of allylic oxidation sites excluding steroid dienone is 1. The van der Waals surface area contributed by atoms with Gasteiger partial charge in [0.25, 0.3) is 0 Å². The average molecular weight is 873 g/mol. The fourth-order valence-electron chi connectivity index (χ4n) is 12.1. The Bertz CT molecular complexity index is 4360. The van der Waals surface area contributed by atoms with Gasteiger partial charge >= 0.3 is 0 Å². The van der Waals surface area contributed by atoms with Gasteiger partial charge in [-0.3, -0.25) is 9.97 Å². The van der Waals surface area contributed by atoms with Crippen LogP contribution in [-0.4, -0.2) is 29.1 Å². The van der Waals surface area contributed by atoms with Crippen molar-refractivity contribution in [2.24, 2.45) is 0 Å². The number of fused-ring (bicyclic) bond motifs is 15. The monoisotopic (exact) mass is 872 g/mol. The first kappa shape index (κ1) is 37.7. The van der Waals surface area contributed by atoms with Crippen molar-refractivity contribution in [1.82, 2.24) is 29.1 Å². The van der Waals surface area contributed by atoms with E-state index in [1.54, 1.807) is 0 Å². The molecule has 0 unspecified atom stereocenters. The van der Waals surface area contributed by atoms with Crippen molar-refractivity contribution in [3.05, 3.63) is 203 Å². The lowest BCUT2D eigenvalue weighted by molar-refractivity contribution is 0.889. The number of aryl methyl sites for hydroxylation is 4. The molecule has 0 spiro atoms. The van der Waals surface area contributed by atoms with Crippen molar-refractivity contribution in [3.8, 4) is 33.6 Å². The van der Waals surface area contributed by atoms with Crippen LogP contribution < -0.4 is 0 Å². The maximum atomic E-state index is 4.69. The number of para-hydroxylation sites is 2. The first-order valence-electron chi connectivity index (χ1n) is 23.9. The molecule has 6 heteroatoms. The molecule has 2 aliphatic rings. The van der Waals surface area contributed by atoms with Gasteiger partial charge < -0.3 is 19.1 Å². The summed E-state index contributed by atoms with van der Waals surface area (Å²) in [5.74, 6) is 0. The number of H-pyrrole nitrogens is 2. The maximum absolute atomic E-state index is 4.69. The summed E-state index contributed by atoms with van der Waals surface area (Å²) in [7, 11) is 0. The second-order valence-corrected chi connectivity index (χ2v) is 19.2. The van der Waals surface area contributed by atoms with Crippen molar-refractivity contribution in [1.29, 1.82) is 0 Å². The molecule has 0 fully saturated rings. The first-order valence-corrected chi connectivity index (χ1v) is 23.9. The van der Waals surface area contributed by atoms with Gasteiger partial charge in [0.2, 0.25) is 0 Å². The molecule has 7 aromatic carbocycles. The van der Waals surface area contributed by atoms with E-state index >= 15 is 0 Å². The summed E-state index contributed by atoms with van der Waals surface area (Å²) in [6, 6.07) is 52.3. The highest BCUT2D eigenvalue weighted by atomic mass is 15.0. The molecule has 322 valence electrons. The molecule has 68 heavy (non-hydrogen) atoms. The minimum Gasteiger partial charge on any atom is -0.355 e. The van der Waals surface area contributed by atoms with Crippen molar-refractivity contribution in [3.63, 3.8) is 0 Å². The molecule has 6 aromatic heterocycles. The number of nitrogens with one attached hydrogen (secondary N) is 2. The van der Waals surface area contributed by atoms with E-state index in [4.69, 9.17) is 4.98 Å². The van der Waals surface area contributed by atoms with Gasteiger partial charge in [-0.25, -0.2) is 0 Å². The summed E-state index contributed by atoms with van der Waals surface area (Å²) in [6.45, 7) is 4.41. The summed E-state index contributed by atoms with van der Waals surface area (Å²) in [6.07, 6.45) is 14.3. The van der Waals surface area contributed by atoms with Crippen LogP contribution in [0.15, 0.2) is 164 Å². The Kier molecular flexibility index (Phi) is 7.77. The molecule has 2 N–H and O–H groups in total. The van der Waals surface area contributed by atoms with E-state index in [-0.39, 0.29) is 0 Å². The normalized spacial score (nSPS) is 13.6. The van der Waals surface area contributed by atoms with Crippen LogP contribution in [0.5, 0.6) is 0 Å². The highest BCUT2D eigenvalue weighted by Crippen LogP contribution is 2.46. The standard InChI is InChI=1S/C62H44N6/c1-35-21-23-63-33-61(35)67-57-19-15-39(37-13-17-55-47(25-37)43-7-3-5-9-53(43)65-55)27-49(57)51-29-41-11-12-42-30-52-50-28-40(38-14-18-56-48(26-38)44-8-4-6-10-54(44)66-56)16-20-58(50)68(62-34-64-24-22-36(62)2)60(52)32-46(42)45(41)31-59(51)67/h3-10,13-15,17-19,21-34,65-66H,11-12,16,20H2,1-2H3. The van der Waals surface area contributed by atoms with Crippen LogP contribution in [0.2, 0.25) is 0 Å². The summed E-state index contributed by atoms with van der Waals surface area (Å²) in [4.78, 5) is 16.6. The van der Waals surface area contributed by atoms with E-state index in [9.17, 15) is 0 Å². The fourth-order valence-corrected chi connectivity index (χ4v) is 12.1. The molecule has 0 radical (unpaired) electrons. The quantitative estimate of drug-likeness (QED) is 0.185. The highest BCUT2D eigenvalue weighted by Gasteiger charge is 2.28. The van der Waals surface area contributed by atoms with Crippen LogP contribution in [0.1, 0.15) is 45.5 Å². The summed E-state index contributed by atoms with van der Waals surface area (Å²) < 4.78 is 4.98. The molecule has 6 heterocycles. The van der Waals surface area contributed by atoms with Crippen LogP contribution in [0.25, 0.3) is 122 Å². The van der Waals surface area contributed by atoms with Gasteiger partial charge in [-0.2, -0.15) is 0 Å². The van der Waals surface area contributed by atoms with Crippen LogP contribution in [0.3, 0.4) is 0 Å². The molecular formula is C62H44N6. The van der Waals surface area contributed by atoms with Gasteiger partial charge in [-0.1, -0.05) is 54.6 Å². The van der Waals surface area contributed by atoms with E-state index in [2.05, 4.69) is 190 Å². The summed E-state index contributed by atoms with van der Waals surface area (Å²) in [5, 5.41) is 8.89. The number of pyridine rings is 2. The minimum absolute atomic E-state index is 0.945. The van der Waals surface area contributed by atoms with Gasteiger partial charge in [-0.05, 0) is 186 Å². The van der Waals surface area contributed by atoms with Crippen LogP contribution >= 0.6 is 0 Å². The Labute approximate surface area is 391 Å². The number of aromatic amines is 2. The molecule has 0 saturated heterocycles. The lowest BCUT2D eigenvalue weighted by Gasteiger charge is -2.22. The Morgan fingerprint density at radius 1 is 0.426 bits per heavy atom. The fraction of sp³-hybridized carbons (Fsp3) is 0.0968. The summed E-state index contributed by atoms with van der Waals surface area (Å²) >= 11 is 0. The van der Waals surface area contributed by atoms with Crippen molar-refractivity contribution >= 4 is 88.0 Å². The van der Waals surface area contributed by atoms with Crippen LogP contribution in [0.4, 0.5) is 0 Å². The van der Waals surface area contributed by atoms with E-state index < -0.39 is 0 Å². The third-order valence-corrected chi connectivity index (χ3v) is 15.4. The Morgan fingerprint density at radius 3 is 1.62 bits per heavy atom. The lowest BCUT2D eigenvalue weighted by atomic mass is 9.83. The number of hydrogen-bond donors (Lipinski definition) is 2. The van der Waals surface area contributed by atoms with Crippen molar-refractivity contribution < 1.29 is 0 Å². The Morgan fingerprint density at radius 2 is 0.956 bits per heavy atom. The second kappa shape index (κ2) is 14.0. The van der Waals surface area contributed by atoms with Crippen LogP contribution in [-0.2, 0) is 19.3 Å². The predicted molar refractivity (Wildman–Crippen MR) is 282 cm³/mol. The van der Waals surface area contributed by atoms with E-state index in [1.807, 2.05) is 18.6 Å². The van der Waals surface area contributed by atoms with E-state index in [0.717, 1.165) is 42.6 Å². The second-order valence-electron chi connectivity index (χ2n) is 19.2. The van der Waals surface area contributed by atoms with Crippen LogP contribution in [0, 0.1) is 13.8 Å². The number of hydrogen-bond acceptors (Lipinski definition) is 2. The molecular weight excluding hydrogens is 829 g/mol. The topological polar surface area (TPSA) is 67.2 Å². The van der Waals surface area contributed by atoms with Gasteiger partial charge in [0.15, 0.2) is 0 Å². The van der Waals surface area contributed by atoms with Gasteiger partial charge in [0.1, 0.15) is 0 Å². The molecule has 2 aliphatic carbocycles. The lowest BCUT2D eigenvalue weighted by Crippen LogP contribution is -2.07.